The average Bonchev–Trinajstić information content (AvgIpc) is 2.85. The Morgan fingerprint density at radius 1 is 1.33 bits per heavy atom. The van der Waals surface area contributed by atoms with Crippen molar-refractivity contribution in [2.75, 3.05) is 17.8 Å². The van der Waals surface area contributed by atoms with Crippen LogP contribution in [0.2, 0.25) is 0 Å². The zero-order valence-corrected chi connectivity index (χ0v) is 12.7. The lowest BCUT2D eigenvalue weighted by Gasteiger charge is -2.18. The van der Waals surface area contributed by atoms with E-state index in [9.17, 15) is 8.42 Å². The Bertz CT molecular complexity index is 525. The second-order valence-electron chi connectivity index (χ2n) is 4.37. The van der Waals surface area contributed by atoms with E-state index in [2.05, 4.69) is 20.7 Å². The summed E-state index contributed by atoms with van der Waals surface area (Å²) in [5.74, 6) is 0. The fourth-order valence-corrected chi connectivity index (χ4v) is 3.84. The predicted molar refractivity (Wildman–Crippen MR) is 76.9 cm³/mol. The third-order valence-electron chi connectivity index (χ3n) is 3.09. The summed E-state index contributed by atoms with van der Waals surface area (Å²) in [5.41, 5.74) is 1.67. The number of nitrogens with one attached hydrogen (secondary N) is 1. The third-order valence-corrected chi connectivity index (χ3v) is 5.11. The maximum atomic E-state index is 12.2. The number of halogens is 1. The molecule has 1 aromatic carbocycles. The Kier molecular flexibility index (Phi) is 4.29. The number of rotatable bonds is 4. The van der Waals surface area contributed by atoms with E-state index in [0.717, 1.165) is 29.3 Å². The molecule has 0 aliphatic carbocycles. The molecule has 0 amide bonds. The minimum absolute atomic E-state index is 0.618. The van der Waals surface area contributed by atoms with Crippen LogP contribution in [0.4, 0.5) is 5.69 Å². The first kappa shape index (κ1) is 13.8. The maximum absolute atomic E-state index is 12.2. The van der Waals surface area contributed by atoms with Crippen molar-refractivity contribution in [3.8, 4) is 0 Å². The Morgan fingerprint density at radius 3 is 2.61 bits per heavy atom. The summed E-state index contributed by atoms with van der Waals surface area (Å²) >= 11 is 3.40. The van der Waals surface area contributed by atoms with Gasteiger partial charge in [-0.3, -0.25) is 4.72 Å². The highest BCUT2D eigenvalue weighted by molar-refractivity contribution is 9.10. The Labute approximate surface area is 117 Å². The lowest BCUT2D eigenvalue weighted by molar-refractivity contribution is 0.482. The van der Waals surface area contributed by atoms with Gasteiger partial charge in [-0.1, -0.05) is 22.9 Å². The molecule has 100 valence electrons. The molecule has 1 saturated heterocycles. The highest BCUT2D eigenvalue weighted by Crippen LogP contribution is 2.24. The van der Waals surface area contributed by atoms with Crippen LogP contribution in [0.3, 0.4) is 0 Å². The fourth-order valence-electron chi connectivity index (χ4n) is 2.09. The minimum atomic E-state index is -3.39. The molecule has 0 bridgehead atoms. The molecule has 2 rings (SSSR count). The van der Waals surface area contributed by atoms with Gasteiger partial charge in [0.05, 0.1) is 5.69 Å². The molecule has 0 spiro atoms. The monoisotopic (exact) mass is 332 g/mol. The lowest BCUT2D eigenvalue weighted by atomic mass is 10.1. The van der Waals surface area contributed by atoms with Crippen LogP contribution in [-0.4, -0.2) is 25.8 Å². The number of nitrogens with zero attached hydrogens (tertiary/aromatic N) is 1. The predicted octanol–water partition coefficient (Wildman–Crippen LogP) is 2.76. The molecular formula is C12H17BrN2O2S. The number of hydrogen-bond donors (Lipinski definition) is 1. The Balaban J connectivity index is 2.23. The molecule has 0 aromatic heterocycles. The lowest BCUT2D eigenvalue weighted by Crippen LogP contribution is -2.33. The van der Waals surface area contributed by atoms with Crippen molar-refractivity contribution in [1.82, 2.24) is 4.31 Å². The number of aryl methyl sites for hydroxylation is 1. The van der Waals surface area contributed by atoms with E-state index < -0.39 is 10.2 Å². The molecule has 4 nitrogen and oxygen atoms in total. The van der Waals surface area contributed by atoms with Gasteiger partial charge in [0, 0.05) is 17.6 Å². The molecule has 1 N–H and O–H groups in total. The van der Waals surface area contributed by atoms with Gasteiger partial charge in [0.2, 0.25) is 0 Å². The molecule has 1 heterocycles. The normalized spacial score (nSPS) is 17.0. The summed E-state index contributed by atoms with van der Waals surface area (Å²) in [6, 6.07) is 5.60. The summed E-state index contributed by atoms with van der Waals surface area (Å²) in [4.78, 5) is 0. The van der Waals surface area contributed by atoms with Gasteiger partial charge >= 0.3 is 10.2 Å². The van der Waals surface area contributed by atoms with Crippen LogP contribution >= 0.6 is 15.9 Å². The number of anilines is 1. The van der Waals surface area contributed by atoms with E-state index in [1.165, 1.54) is 4.31 Å². The van der Waals surface area contributed by atoms with Gasteiger partial charge in [0.25, 0.3) is 0 Å². The highest BCUT2D eigenvalue weighted by Gasteiger charge is 2.25. The number of hydrogen-bond acceptors (Lipinski definition) is 2. The van der Waals surface area contributed by atoms with Gasteiger partial charge in [0.15, 0.2) is 0 Å². The molecule has 6 heteroatoms. The van der Waals surface area contributed by atoms with Gasteiger partial charge < -0.3 is 0 Å². The summed E-state index contributed by atoms with van der Waals surface area (Å²) in [5, 5.41) is 0. The first-order valence-corrected chi connectivity index (χ1v) is 8.32. The molecule has 0 unspecified atom stereocenters. The summed E-state index contributed by atoms with van der Waals surface area (Å²) in [6.45, 7) is 3.25. The summed E-state index contributed by atoms with van der Waals surface area (Å²) < 4.78 is 29.5. The van der Waals surface area contributed by atoms with Gasteiger partial charge in [-0.2, -0.15) is 12.7 Å². The van der Waals surface area contributed by atoms with E-state index in [4.69, 9.17) is 0 Å². The van der Waals surface area contributed by atoms with E-state index >= 15 is 0 Å². The van der Waals surface area contributed by atoms with E-state index in [1.807, 2.05) is 19.1 Å². The smallest absolute Gasteiger partial charge is 0.271 e. The molecular weight excluding hydrogens is 316 g/mol. The fraction of sp³-hybridized carbons (Fsp3) is 0.500. The molecule has 1 aliphatic heterocycles. The van der Waals surface area contributed by atoms with Crippen LogP contribution in [0, 0.1) is 0 Å². The second kappa shape index (κ2) is 5.59. The van der Waals surface area contributed by atoms with Crippen molar-refractivity contribution < 1.29 is 8.42 Å². The van der Waals surface area contributed by atoms with Crippen molar-refractivity contribution in [1.29, 1.82) is 0 Å². The van der Waals surface area contributed by atoms with Crippen LogP contribution < -0.4 is 4.72 Å². The zero-order chi connectivity index (χ0) is 13.2. The molecule has 0 saturated carbocycles. The first-order chi connectivity index (χ1) is 8.53. The topological polar surface area (TPSA) is 49.4 Å². The van der Waals surface area contributed by atoms with Crippen LogP contribution in [0.1, 0.15) is 25.3 Å². The maximum Gasteiger partial charge on any atom is 0.301 e. The second-order valence-corrected chi connectivity index (χ2v) is 6.95. The summed E-state index contributed by atoms with van der Waals surface area (Å²) in [6.07, 6.45) is 2.68. The van der Waals surface area contributed by atoms with Crippen molar-refractivity contribution in [2.24, 2.45) is 0 Å². The van der Waals surface area contributed by atoms with Crippen LogP contribution in [0.15, 0.2) is 22.7 Å². The number of benzene rings is 1. The van der Waals surface area contributed by atoms with Crippen LogP contribution in [0.25, 0.3) is 0 Å². The largest absolute Gasteiger partial charge is 0.301 e. The molecule has 0 atom stereocenters. The van der Waals surface area contributed by atoms with E-state index in [0.29, 0.717) is 18.8 Å². The van der Waals surface area contributed by atoms with Crippen molar-refractivity contribution >= 4 is 31.8 Å². The molecule has 1 fully saturated rings. The van der Waals surface area contributed by atoms with Crippen molar-refractivity contribution in [3.63, 3.8) is 0 Å². The van der Waals surface area contributed by atoms with Crippen LogP contribution in [0.5, 0.6) is 0 Å². The van der Waals surface area contributed by atoms with E-state index in [-0.39, 0.29) is 0 Å². The molecule has 18 heavy (non-hydrogen) atoms. The molecule has 0 radical (unpaired) electrons. The van der Waals surface area contributed by atoms with Crippen LogP contribution in [-0.2, 0) is 16.6 Å². The Hall–Kier alpha value is -0.590. The quantitative estimate of drug-likeness (QED) is 0.921. The van der Waals surface area contributed by atoms with Gasteiger partial charge in [-0.25, -0.2) is 0 Å². The molecule has 1 aromatic rings. The zero-order valence-electron chi connectivity index (χ0n) is 10.3. The SMILES string of the molecule is CCc1cc(Br)ccc1NS(=O)(=O)N1CCCC1. The van der Waals surface area contributed by atoms with Crippen molar-refractivity contribution in [3.05, 3.63) is 28.2 Å². The third kappa shape index (κ3) is 3.05. The van der Waals surface area contributed by atoms with Gasteiger partial charge in [-0.05, 0) is 43.0 Å². The highest BCUT2D eigenvalue weighted by atomic mass is 79.9. The van der Waals surface area contributed by atoms with E-state index in [1.54, 1.807) is 6.07 Å². The summed E-state index contributed by atoms with van der Waals surface area (Å²) in [7, 11) is -3.39. The average molecular weight is 333 g/mol. The first-order valence-electron chi connectivity index (χ1n) is 6.09. The van der Waals surface area contributed by atoms with Crippen molar-refractivity contribution in [2.45, 2.75) is 26.2 Å². The van der Waals surface area contributed by atoms with Gasteiger partial charge in [-0.15, -0.1) is 0 Å². The molecule has 1 aliphatic rings. The Morgan fingerprint density at radius 2 is 2.00 bits per heavy atom. The van der Waals surface area contributed by atoms with Gasteiger partial charge in [0.1, 0.15) is 0 Å². The standard InChI is InChI=1S/C12H17BrN2O2S/c1-2-10-9-11(13)5-6-12(10)14-18(16,17)15-7-3-4-8-15/h5-6,9,14H,2-4,7-8H2,1H3. The minimum Gasteiger partial charge on any atom is -0.271 e.